The van der Waals surface area contributed by atoms with Crippen molar-refractivity contribution in [3.63, 3.8) is 0 Å². The summed E-state index contributed by atoms with van der Waals surface area (Å²) in [6.07, 6.45) is 13.4. The number of rotatable bonds is 2. The second kappa shape index (κ2) is 8.96. The Kier molecular flexibility index (Phi) is 7.81. The summed E-state index contributed by atoms with van der Waals surface area (Å²) < 4.78 is 8.68. The fourth-order valence-corrected chi connectivity index (χ4v) is 6.16. The SMILES string of the molecule is CSN1COCC(C)(C)C(C)(C)CC(C)(C2CCCCCCC(C)(C)C2)C1. The number of hydrogen-bond donors (Lipinski definition) is 0. The maximum absolute atomic E-state index is 6.20. The van der Waals surface area contributed by atoms with E-state index in [1.165, 1.54) is 51.4 Å². The molecule has 2 nitrogen and oxygen atoms in total. The zero-order valence-electron chi connectivity index (χ0n) is 19.6. The van der Waals surface area contributed by atoms with Gasteiger partial charge in [-0.15, -0.1) is 0 Å². The van der Waals surface area contributed by atoms with E-state index in [-0.39, 0.29) is 10.8 Å². The highest BCUT2D eigenvalue weighted by Crippen LogP contribution is 2.54. The van der Waals surface area contributed by atoms with Gasteiger partial charge >= 0.3 is 0 Å². The van der Waals surface area contributed by atoms with E-state index in [2.05, 4.69) is 59.0 Å². The van der Waals surface area contributed by atoms with Gasteiger partial charge in [-0.1, -0.05) is 86.1 Å². The van der Waals surface area contributed by atoms with Crippen molar-refractivity contribution in [1.29, 1.82) is 0 Å². The summed E-state index contributed by atoms with van der Waals surface area (Å²) >= 11 is 1.87. The van der Waals surface area contributed by atoms with Crippen molar-refractivity contribution in [2.45, 2.75) is 99.8 Å². The summed E-state index contributed by atoms with van der Waals surface area (Å²) in [4.78, 5) is 0. The highest BCUT2D eigenvalue weighted by molar-refractivity contribution is 7.96. The molecular weight excluding hydrogens is 350 g/mol. The molecule has 2 unspecified atom stereocenters. The van der Waals surface area contributed by atoms with Gasteiger partial charge in [0.15, 0.2) is 0 Å². The summed E-state index contributed by atoms with van der Waals surface area (Å²) in [5.41, 5.74) is 1.26. The van der Waals surface area contributed by atoms with Gasteiger partial charge in [-0.2, -0.15) is 0 Å². The topological polar surface area (TPSA) is 12.5 Å². The summed E-state index contributed by atoms with van der Waals surface area (Å²) in [7, 11) is 0. The lowest BCUT2D eigenvalue weighted by Gasteiger charge is -2.50. The van der Waals surface area contributed by atoms with Crippen LogP contribution in [0, 0.1) is 27.6 Å². The molecule has 160 valence electrons. The maximum Gasteiger partial charge on any atom is 0.108 e. The minimum absolute atomic E-state index is 0.191. The lowest BCUT2D eigenvalue weighted by Crippen LogP contribution is -2.45. The molecule has 3 heteroatoms. The van der Waals surface area contributed by atoms with Gasteiger partial charge in [0.1, 0.15) is 6.73 Å². The quantitative estimate of drug-likeness (QED) is 0.451. The van der Waals surface area contributed by atoms with Gasteiger partial charge < -0.3 is 4.74 Å². The predicted molar refractivity (Wildman–Crippen MR) is 121 cm³/mol. The second-order valence-corrected chi connectivity index (χ2v) is 12.8. The second-order valence-electron chi connectivity index (χ2n) is 11.9. The molecule has 0 aromatic rings. The smallest absolute Gasteiger partial charge is 0.108 e. The van der Waals surface area contributed by atoms with Crippen molar-refractivity contribution in [2.24, 2.45) is 27.6 Å². The Balaban J connectivity index is 2.38. The first kappa shape index (κ1) is 23.5. The molecule has 0 bridgehead atoms. The Morgan fingerprint density at radius 2 is 1.56 bits per heavy atom. The van der Waals surface area contributed by atoms with Crippen LogP contribution >= 0.6 is 11.9 Å². The van der Waals surface area contributed by atoms with E-state index in [0.717, 1.165) is 25.8 Å². The standard InChI is InChI=1S/C24H47NOS/c1-21(2)14-12-10-9-11-13-20(15-21)24(7)16-22(3,4)23(5,6)18-26-19-25(17-24)27-8/h20H,9-19H2,1-8H3. The molecule has 1 saturated heterocycles. The Morgan fingerprint density at radius 1 is 0.889 bits per heavy atom. The Morgan fingerprint density at radius 3 is 2.22 bits per heavy atom. The van der Waals surface area contributed by atoms with Crippen LogP contribution in [0.25, 0.3) is 0 Å². The van der Waals surface area contributed by atoms with Crippen molar-refractivity contribution in [1.82, 2.24) is 4.31 Å². The van der Waals surface area contributed by atoms with Crippen molar-refractivity contribution >= 4 is 11.9 Å². The predicted octanol–water partition coefficient (Wildman–Crippen LogP) is 7.39. The molecule has 0 aromatic carbocycles. The van der Waals surface area contributed by atoms with E-state index in [9.17, 15) is 0 Å². The Labute approximate surface area is 174 Å². The molecule has 0 spiro atoms. The lowest BCUT2D eigenvalue weighted by atomic mass is 9.56. The first-order valence-electron chi connectivity index (χ1n) is 11.3. The number of nitrogens with zero attached hydrogens (tertiary/aromatic N) is 1. The molecule has 1 saturated carbocycles. The fourth-order valence-electron chi connectivity index (χ4n) is 5.56. The fraction of sp³-hybridized carbons (Fsp3) is 1.00. The van der Waals surface area contributed by atoms with Gasteiger partial charge in [-0.3, -0.25) is 0 Å². The van der Waals surface area contributed by atoms with Gasteiger partial charge in [0.25, 0.3) is 0 Å². The van der Waals surface area contributed by atoms with Gasteiger partial charge in [0.2, 0.25) is 0 Å². The van der Waals surface area contributed by atoms with E-state index < -0.39 is 0 Å². The van der Waals surface area contributed by atoms with Crippen LogP contribution in [-0.2, 0) is 4.74 Å². The van der Waals surface area contributed by atoms with Crippen LogP contribution in [0.3, 0.4) is 0 Å². The molecule has 0 radical (unpaired) electrons. The average molecular weight is 398 g/mol. The summed E-state index contributed by atoms with van der Waals surface area (Å²) in [5, 5.41) is 0. The van der Waals surface area contributed by atoms with Crippen molar-refractivity contribution in [2.75, 3.05) is 26.1 Å². The molecule has 0 amide bonds. The van der Waals surface area contributed by atoms with E-state index in [1.807, 2.05) is 11.9 Å². The van der Waals surface area contributed by atoms with Crippen LogP contribution in [0.5, 0.6) is 0 Å². The van der Waals surface area contributed by atoms with Crippen molar-refractivity contribution in [3.8, 4) is 0 Å². The van der Waals surface area contributed by atoms with Gasteiger partial charge in [0.05, 0.1) is 6.61 Å². The average Bonchev–Trinajstić information content (AvgIpc) is 2.64. The Hall–Kier alpha value is 0.270. The molecular formula is C24H47NOS. The largest absolute Gasteiger partial charge is 0.365 e. The molecule has 1 heterocycles. The van der Waals surface area contributed by atoms with Gasteiger partial charge in [-0.05, 0) is 59.5 Å². The third kappa shape index (κ3) is 6.12. The molecule has 2 aliphatic rings. The molecule has 2 atom stereocenters. The molecule has 1 aliphatic heterocycles. The molecule has 0 aromatic heterocycles. The Bertz CT molecular complexity index is 473. The van der Waals surface area contributed by atoms with Gasteiger partial charge in [0, 0.05) is 6.54 Å². The molecule has 2 rings (SSSR count). The van der Waals surface area contributed by atoms with Crippen LogP contribution in [0.4, 0.5) is 0 Å². The number of ether oxygens (including phenoxy) is 1. The summed E-state index contributed by atoms with van der Waals surface area (Å²) in [6, 6.07) is 0. The lowest BCUT2D eigenvalue weighted by molar-refractivity contribution is -0.0316. The number of hydrogen-bond acceptors (Lipinski definition) is 3. The highest BCUT2D eigenvalue weighted by Gasteiger charge is 2.47. The third-order valence-electron chi connectivity index (χ3n) is 8.11. The maximum atomic E-state index is 6.20. The van der Waals surface area contributed by atoms with E-state index in [0.29, 0.717) is 10.8 Å². The van der Waals surface area contributed by atoms with Crippen molar-refractivity contribution < 1.29 is 4.74 Å². The minimum Gasteiger partial charge on any atom is -0.365 e. The first-order valence-corrected chi connectivity index (χ1v) is 12.5. The van der Waals surface area contributed by atoms with Gasteiger partial charge in [-0.25, -0.2) is 4.31 Å². The third-order valence-corrected chi connectivity index (χ3v) is 8.86. The molecule has 27 heavy (non-hydrogen) atoms. The highest BCUT2D eigenvalue weighted by atomic mass is 32.2. The van der Waals surface area contributed by atoms with E-state index in [1.54, 1.807) is 0 Å². The van der Waals surface area contributed by atoms with Crippen molar-refractivity contribution in [3.05, 3.63) is 0 Å². The monoisotopic (exact) mass is 397 g/mol. The van der Waals surface area contributed by atoms with Crippen LogP contribution in [-0.4, -0.2) is 30.4 Å². The van der Waals surface area contributed by atoms with Crippen LogP contribution in [0.1, 0.15) is 99.8 Å². The van der Waals surface area contributed by atoms with E-state index >= 15 is 0 Å². The molecule has 0 N–H and O–H groups in total. The van der Waals surface area contributed by atoms with Crippen LogP contribution in [0.15, 0.2) is 0 Å². The van der Waals surface area contributed by atoms with Crippen LogP contribution in [0.2, 0.25) is 0 Å². The normalized spacial score (nSPS) is 35.8. The summed E-state index contributed by atoms with van der Waals surface area (Å²) in [6.45, 7) is 20.2. The zero-order chi connectivity index (χ0) is 20.3. The minimum atomic E-state index is 0.191. The zero-order valence-corrected chi connectivity index (χ0v) is 20.4. The molecule has 2 fully saturated rings. The van der Waals surface area contributed by atoms with E-state index in [4.69, 9.17) is 4.74 Å². The molecule has 1 aliphatic carbocycles. The first-order chi connectivity index (χ1) is 12.4. The van der Waals surface area contributed by atoms with Crippen LogP contribution < -0.4 is 0 Å². The summed E-state index contributed by atoms with van der Waals surface area (Å²) in [5.74, 6) is 0.799.